The van der Waals surface area contributed by atoms with Crippen LogP contribution in [0.4, 0.5) is 8.78 Å². The lowest BCUT2D eigenvalue weighted by molar-refractivity contribution is -0.137. The van der Waals surface area contributed by atoms with E-state index < -0.39 is 21.7 Å². The van der Waals surface area contributed by atoms with Gasteiger partial charge in [-0.05, 0) is 86.9 Å². The van der Waals surface area contributed by atoms with E-state index in [9.17, 15) is 26.8 Å². The molecule has 0 aromatic heterocycles. The van der Waals surface area contributed by atoms with Crippen molar-refractivity contribution < 1.29 is 26.8 Å². The molecule has 1 aromatic carbocycles. The maximum Gasteiger partial charge on any atom is 0.237 e. The molecule has 0 N–H and O–H groups in total. The van der Waals surface area contributed by atoms with Gasteiger partial charge in [-0.2, -0.15) is 0 Å². The fourth-order valence-corrected chi connectivity index (χ4v) is 8.26. The average molecular weight is 638 g/mol. The summed E-state index contributed by atoms with van der Waals surface area (Å²) in [5, 5.41) is 0. The van der Waals surface area contributed by atoms with Crippen molar-refractivity contribution in [2.45, 2.75) is 63.8 Å². The predicted octanol–water partition coefficient (Wildman–Crippen LogP) is 2.98. The number of benzene rings is 1. The molecule has 1 atom stereocenters. The Morgan fingerprint density at radius 1 is 0.864 bits per heavy atom. The van der Waals surface area contributed by atoms with Gasteiger partial charge in [0.15, 0.2) is 0 Å². The van der Waals surface area contributed by atoms with Gasteiger partial charge < -0.3 is 14.7 Å². The summed E-state index contributed by atoms with van der Waals surface area (Å²) in [5.41, 5.74) is 0.653. The van der Waals surface area contributed by atoms with Gasteiger partial charge in [-0.15, -0.1) is 0 Å². The van der Waals surface area contributed by atoms with Crippen LogP contribution in [0.15, 0.2) is 18.2 Å². The van der Waals surface area contributed by atoms with Crippen LogP contribution in [0.25, 0.3) is 0 Å². The van der Waals surface area contributed by atoms with E-state index in [1.54, 1.807) is 6.92 Å². The second-order valence-electron chi connectivity index (χ2n) is 13.4. The molecular weight excluding hydrogens is 588 g/mol. The number of piperazine rings is 1. The number of hydrogen-bond donors (Lipinski definition) is 0. The molecule has 0 radical (unpaired) electrons. The number of hydrogen-bond acceptors (Lipinski definition) is 6. The first-order chi connectivity index (χ1) is 21.0. The number of piperidine rings is 2. The summed E-state index contributed by atoms with van der Waals surface area (Å²) in [5.74, 6) is -0.189. The fraction of sp³-hybridized carbons (Fsp3) is 0.750. The summed E-state index contributed by atoms with van der Waals surface area (Å²) >= 11 is 0. The lowest BCUT2D eigenvalue weighted by atomic mass is 9.78. The summed E-state index contributed by atoms with van der Waals surface area (Å²) in [6.07, 6.45) is 7.49. The van der Waals surface area contributed by atoms with Gasteiger partial charge in [0.25, 0.3) is 0 Å². The second kappa shape index (κ2) is 14.5. The Labute approximate surface area is 261 Å². The van der Waals surface area contributed by atoms with Gasteiger partial charge in [-0.1, -0.05) is 0 Å². The van der Waals surface area contributed by atoms with Gasteiger partial charge in [0, 0.05) is 77.9 Å². The van der Waals surface area contributed by atoms with Crippen LogP contribution in [0.3, 0.4) is 0 Å². The van der Waals surface area contributed by atoms with Crippen molar-refractivity contribution in [2.24, 2.45) is 11.8 Å². The third-order valence-electron chi connectivity index (χ3n) is 10.3. The highest BCUT2D eigenvalue weighted by Crippen LogP contribution is 2.37. The third-order valence-corrected chi connectivity index (χ3v) is 11.6. The highest BCUT2D eigenvalue weighted by Gasteiger charge is 2.35. The molecule has 9 nitrogen and oxygen atoms in total. The highest BCUT2D eigenvalue weighted by atomic mass is 32.2. The first-order valence-electron chi connectivity index (χ1n) is 16.4. The van der Waals surface area contributed by atoms with E-state index >= 15 is 0 Å². The summed E-state index contributed by atoms with van der Waals surface area (Å²) in [4.78, 5) is 33.8. The predicted molar refractivity (Wildman–Crippen MR) is 165 cm³/mol. The van der Waals surface area contributed by atoms with Crippen molar-refractivity contribution in [1.29, 1.82) is 0 Å². The number of rotatable bonds is 11. The van der Waals surface area contributed by atoms with Gasteiger partial charge in [-0.25, -0.2) is 21.5 Å². The van der Waals surface area contributed by atoms with Crippen molar-refractivity contribution in [2.75, 3.05) is 78.2 Å². The van der Waals surface area contributed by atoms with E-state index in [1.165, 1.54) is 35.5 Å². The minimum Gasteiger partial charge on any atom is -0.340 e. The Balaban J connectivity index is 1.16. The monoisotopic (exact) mass is 637 g/mol. The first-order valence-corrected chi connectivity index (χ1v) is 18.2. The van der Waals surface area contributed by atoms with Crippen LogP contribution in [0.2, 0.25) is 0 Å². The summed E-state index contributed by atoms with van der Waals surface area (Å²) < 4.78 is 54.1. The van der Waals surface area contributed by atoms with Crippen molar-refractivity contribution >= 4 is 21.8 Å². The SMILES string of the molecule is CC(=O)N1CCN(CC(=O)N(CC2CC2)C2CCN(CC[C@@H](c3cc(F)cc(F)c3)C3CCN(S(C)(=O)=O)CC3)CC2)CC1. The number of nitrogens with zero attached hydrogens (tertiary/aromatic N) is 5. The molecule has 3 heterocycles. The number of amides is 2. The van der Waals surface area contributed by atoms with Crippen LogP contribution >= 0.6 is 0 Å². The quantitative estimate of drug-likeness (QED) is 0.371. The van der Waals surface area contributed by atoms with Crippen LogP contribution in [0, 0.1) is 23.5 Å². The third kappa shape index (κ3) is 8.98. The molecule has 1 saturated carbocycles. The lowest BCUT2D eigenvalue weighted by Gasteiger charge is -2.41. The largest absolute Gasteiger partial charge is 0.340 e. The van der Waals surface area contributed by atoms with E-state index in [1.807, 2.05) is 4.90 Å². The molecule has 1 aromatic rings. The maximum absolute atomic E-state index is 14.3. The van der Waals surface area contributed by atoms with Crippen LogP contribution in [0.1, 0.15) is 63.4 Å². The molecule has 4 fully saturated rings. The zero-order valence-corrected chi connectivity index (χ0v) is 27.1. The number of halogens is 2. The van der Waals surface area contributed by atoms with E-state index in [0.29, 0.717) is 57.0 Å². The second-order valence-corrected chi connectivity index (χ2v) is 15.4. The Kier molecular flexibility index (Phi) is 11.0. The van der Waals surface area contributed by atoms with Crippen molar-refractivity contribution in [3.63, 3.8) is 0 Å². The van der Waals surface area contributed by atoms with Gasteiger partial charge in [0.05, 0.1) is 12.8 Å². The minimum absolute atomic E-state index is 0.0592. The molecule has 0 bridgehead atoms. The van der Waals surface area contributed by atoms with Crippen molar-refractivity contribution in [1.82, 2.24) is 23.9 Å². The van der Waals surface area contributed by atoms with E-state index in [2.05, 4.69) is 14.7 Å². The van der Waals surface area contributed by atoms with Gasteiger partial charge in [0.1, 0.15) is 11.6 Å². The van der Waals surface area contributed by atoms with Crippen LogP contribution in [-0.2, 0) is 19.6 Å². The Hall–Kier alpha value is -2.15. The molecule has 246 valence electrons. The molecule has 5 rings (SSSR count). The number of carbonyl (C=O) groups excluding carboxylic acids is 2. The van der Waals surface area contributed by atoms with E-state index in [4.69, 9.17) is 0 Å². The molecular formula is C32H49F2N5O4S. The van der Waals surface area contributed by atoms with E-state index in [0.717, 1.165) is 64.6 Å². The standard InChI is InChI=1S/C32H49F2N5O4S/c1-24(40)37-17-15-36(16-18-37)23-32(41)39(22-25-3-4-25)30-7-10-35(11-8-30)12-9-31(27-19-28(33)21-29(34)20-27)26-5-13-38(14-6-26)44(2,42)43/h19-21,25-26,30-31H,3-18,22-23H2,1-2H3/t31-/m1/s1. The van der Waals surface area contributed by atoms with Crippen LogP contribution in [0.5, 0.6) is 0 Å². The highest BCUT2D eigenvalue weighted by molar-refractivity contribution is 7.88. The zero-order chi connectivity index (χ0) is 31.4. The van der Waals surface area contributed by atoms with Crippen LogP contribution < -0.4 is 0 Å². The molecule has 0 unspecified atom stereocenters. The summed E-state index contributed by atoms with van der Waals surface area (Å²) in [6, 6.07) is 3.98. The fourth-order valence-electron chi connectivity index (χ4n) is 7.39. The summed E-state index contributed by atoms with van der Waals surface area (Å²) in [6.45, 7) is 9.01. The smallest absolute Gasteiger partial charge is 0.237 e. The van der Waals surface area contributed by atoms with Crippen LogP contribution in [-0.4, -0.2) is 128 Å². The zero-order valence-electron chi connectivity index (χ0n) is 26.3. The Bertz CT molecular complexity index is 1230. The molecule has 4 aliphatic rings. The number of likely N-dealkylation sites (tertiary alicyclic amines) is 1. The summed E-state index contributed by atoms with van der Waals surface area (Å²) in [7, 11) is -3.26. The lowest BCUT2D eigenvalue weighted by Crippen LogP contribution is -2.54. The number of carbonyl (C=O) groups is 2. The molecule has 44 heavy (non-hydrogen) atoms. The molecule has 0 spiro atoms. The first kappa shape index (κ1) is 33.2. The van der Waals surface area contributed by atoms with Crippen molar-refractivity contribution in [3.05, 3.63) is 35.4 Å². The maximum atomic E-state index is 14.3. The van der Waals surface area contributed by atoms with Crippen molar-refractivity contribution in [3.8, 4) is 0 Å². The van der Waals surface area contributed by atoms with E-state index in [-0.39, 0.29) is 29.7 Å². The van der Waals surface area contributed by atoms with Gasteiger partial charge >= 0.3 is 0 Å². The molecule has 3 aliphatic heterocycles. The topological polar surface area (TPSA) is 84.5 Å². The molecule has 1 aliphatic carbocycles. The van der Waals surface area contributed by atoms with Gasteiger partial charge in [-0.3, -0.25) is 14.5 Å². The average Bonchev–Trinajstić information content (AvgIpc) is 3.80. The minimum atomic E-state index is -3.26. The Morgan fingerprint density at radius 3 is 2.02 bits per heavy atom. The molecule has 2 amide bonds. The van der Waals surface area contributed by atoms with Gasteiger partial charge in [0.2, 0.25) is 21.8 Å². The normalized spacial score (nSPS) is 22.7. The molecule has 3 saturated heterocycles. The Morgan fingerprint density at radius 2 is 1.48 bits per heavy atom. The molecule has 12 heteroatoms. The number of sulfonamides is 1.